The number of nitrogens with one attached hydrogen (secondary N) is 2. The minimum Gasteiger partial charge on any atom is -0.493 e. The summed E-state index contributed by atoms with van der Waals surface area (Å²) in [5.74, 6) is -0.156. The number of nitrogens with zero attached hydrogens (tertiary/aromatic N) is 2. The van der Waals surface area contributed by atoms with E-state index in [0.717, 1.165) is 14.4 Å². The number of amides is 2. The summed E-state index contributed by atoms with van der Waals surface area (Å²) in [5.41, 5.74) is 0.552. The van der Waals surface area contributed by atoms with E-state index in [1.165, 1.54) is 31.6 Å². The zero-order valence-electron chi connectivity index (χ0n) is 24.3. The third-order valence-corrected chi connectivity index (χ3v) is 9.82. The molecule has 42 heavy (non-hydrogen) atoms. The highest BCUT2D eigenvalue weighted by molar-refractivity contribution is 7.89. The molecule has 0 aliphatic carbocycles. The van der Waals surface area contributed by atoms with Crippen molar-refractivity contribution in [1.82, 2.24) is 19.9 Å². The third kappa shape index (κ3) is 7.08. The van der Waals surface area contributed by atoms with Crippen molar-refractivity contribution in [3.63, 3.8) is 0 Å². The van der Waals surface area contributed by atoms with Crippen LogP contribution in [0.25, 0.3) is 10.1 Å². The molecular formula is C29H36N4O7S2. The average Bonchev–Trinajstić information content (AvgIpc) is 3.28. The first-order chi connectivity index (χ1) is 19.9. The number of carbonyl (C=O) groups is 3. The van der Waals surface area contributed by atoms with Crippen molar-refractivity contribution in [3.05, 3.63) is 47.0 Å². The van der Waals surface area contributed by atoms with Crippen LogP contribution in [0.15, 0.2) is 41.4 Å². The minimum absolute atomic E-state index is 0.0734. The minimum atomic E-state index is -3.97. The molecule has 226 valence electrons. The number of aromatic nitrogens is 1. The molecule has 1 aliphatic heterocycles. The van der Waals surface area contributed by atoms with E-state index in [4.69, 9.17) is 9.47 Å². The molecule has 2 atom stereocenters. The quantitative estimate of drug-likeness (QED) is 0.353. The fourth-order valence-corrected chi connectivity index (χ4v) is 7.25. The lowest BCUT2D eigenvalue weighted by atomic mass is 10.0. The number of pyridine rings is 1. The van der Waals surface area contributed by atoms with Gasteiger partial charge < -0.3 is 20.1 Å². The number of sulfonamides is 1. The molecule has 1 saturated heterocycles. The second kappa shape index (κ2) is 13.2. The van der Waals surface area contributed by atoms with Gasteiger partial charge in [-0.05, 0) is 61.8 Å². The molecule has 3 aromatic rings. The third-order valence-electron chi connectivity index (χ3n) is 6.98. The molecule has 2 aromatic heterocycles. The van der Waals surface area contributed by atoms with Gasteiger partial charge in [0.1, 0.15) is 6.04 Å². The normalized spacial score (nSPS) is 17.1. The second-order valence-corrected chi connectivity index (χ2v) is 13.6. The molecule has 1 aliphatic rings. The second-order valence-electron chi connectivity index (χ2n) is 10.6. The van der Waals surface area contributed by atoms with E-state index in [0.29, 0.717) is 34.9 Å². The largest absolute Gasteiger partial charge is 0.493 e. The molecule has 13 heteroatoms. The Morgan fingerprint density at radius 3 is 2.52 bits per heavy atom. The maximum atomic E-state index is 13.4. The molecule has 4 rings (SSSR count). The fourth-order valence-electron chi connectivity index (χ4n) is 4.83. The summed E-state index contributed by atoms with van der Waals surface area (Å²) in [5, 5.41) is 6.30. The Hall–Kier alpha value is -3.55. The molecular weight excluding hydrogens is 580 g/mol. The molecule has 1 fully saturated rings. The summed E-state index contributed by atoms with van der Waals surface area (Å²) < 4.78 is 39.0. The zero-order valence-corrected chi connectivity index (χ0v) is 25.9. The maximum Gasteiger partial charge on any atom is 0.262 e. The standard InChI is InChI=1S/C29H36N4O7S2/c1-17(2)12-21(32-29(36)26-14-19-13-23(39-4)24(40-5)15-25(19)41-26)28(35)31-20-9-7-11-33(16-22(20)34)42(37,38)27-10-6-8-18(3)30-27/h6,8,10,13-15,17,20-21H,7,9,11-12,16H2,1-5H3,(H,31,35)(H,32,36)/t20-,21?/m0/s1. The summed E-state index contributed by atoms with van der Waals surface area (Å²) in [4.78, 5) is 44.3. The lowest BCUT2D eigenvalue weighted by Gasteiger charge is -2.23. The highest BCUT2D eigenvalue weighted by Gasteiger charge is 2.35. The number of rotatable bonds is 10. The number of aryl methyl sites for hydroxylation is 1. The van der Waals surface area contributed by atoms with Gasteiger partial charge in [-0.3, -0.25) is 14.4 Å². The predicted molar refractivity (Wildman–Crippen MR) is 160 cm³/mol. The van der Waals surface area contributed by atoms with E-state index >= 15 is 0 Å². The summed E-state index contributed by atoms with van der Waals surface area (Å²) in [6, 6.07) is 8.25. The van der Waals surface area contributed by atoms with Gasteiger partial charge in [-0.1, -0.05) is 19.9 Å². The predicted octanol–water partition coefficient (Wildman–Crippen LogP) is 3.31. The summed E-state index contributed by atoms with van der Waals surface area (Å²) >= 11 is 1.27. The number of ether oxygens (including phenoxy) is 2. The first-order valence-corrected chi connectivity index (χ1v) is 15.9. The Morgan fingerprint density at radius 2 is 1.86 bits per heavy atom. The maximum absolute atomic E-state index is 13.4. The van der Waals surface area contributed by atoms with Crippen LogP contribution in [0.5, 0.6) is 11.5 Å². The lowest BCUT2D eigenvalue weighted by molar-refractivity contribution is -0.129. The van der Waals surface area contributed by atoms with Gasteiger partial charge in [0.2, 0.25) is 5.91 Å². The summed E-state index contributed by atoms with van der Waals surface area (Å²) in [7, 11) is -0.899. The monoisotopic (exact) mass is 616 g/mol. The van der Waals surface area contributed by atoms with Gasteiger partial charge in [0, 0.05) is 23.0 Å². The topological polar surface area (TPSA) is 144 Å². The molecule has 1 aromatic carbocycles. The van der Waals surface area contributed by atoms with Gasteiger partial charge in [0.05, 0.1) is 31.7 Å². The van der Waals surface area contributed by atoms with Crippen molar-refractivity contribution in [2.75, 3.05) is 27.3 Å². The van der Waals surface area contributed by atoms with Crippen molar-refractivity contribution in [2.24, 2.45) is 5.92 Å². The van der Waals surface area contributed by atoms with Crippen LogP contribution in [-0.4, -0.2) is 74.7 Å². The molecule has 2 amide bonds. The van der Waals surface area contributed by atoms with Crippen LogP contribution >= 0.6 is 11.3 Å². The Labute approximate surface area is 249 Å². The molecule has 1 unspecified atom stereocenters. The molecule has 0 radical (unpaired) electrons. The van der Waals surface area contributed by atoms with Crippen LogP contribution < -0.4 is 20.1 Å². The highest BCUT2D eigenvalue weighted by Crippen LogP contribution is 2.36. The van der Waals surface area contributed by atoms with Crippen LogP contribution in [0.1, 0.15) is 48.5 Å². The first kappa shape index (κ1) is 31.4. The highest BCUT2D eigenvalue weighted by atomic mass is 32.2. The van der Waals surface area contributed by atoms with Crippen molar-refractivity contribution < 1.29 is 32.3 Å². The number of carbonyl (C=O) groups excluding carboxylic acids is 3. The van der Waals surface area contributed by atoms with Gasteiger partial charge in [-0.15, -0.1) is 11.3 Å². The first-order valence-electron chi connectivity index (χ1n) is 13.7. The Kier molecular flexibility index (Phi) is 9.85. The van der Waals surface area contributed by atoms with E-state index in [-0.39, 0.29) is 30.5 Å². The van der Waals surface area contributed by atoms with Crippen molar-refractivity contribution in [3.8, 4) is 11.5 Å². The van der Waals surface area contributed by atoms with E-state index in [1.54, 1.807) is 37.3 Å². The van der Waals surface area contributed by atoms with Crippen molar-refractivity contribution >= 4 is 49.0 Å². The van der Waals surface area contributed by atoms with Gasteiger partial charge >= 0.3 is 0 Å². The molecule has 0 spiro atoms. The number of fused-ring (bicyclic) bond motifs is 1. The van der Waals surface area contributed by atoms with Crippen LogP contribution in [0, 0.1) is 12.8 Å². The van der Waals surface area contributed by atoms with Gasteiger partial charge in [0.15, 0.2) is 22.3 Å². The number of hydrogen-bond donors (Lipinski definition) is 2. The van der Waals surface area contributed by atoms with Gasteiger partial charge in [-0.2, -0.15) is 4.31 Å². The molecule has 11 nitrogen and oxygen atoms in total. The van der Waals surface area contributed by atoms with Crippen LogP contribution in [0.4, 0.5) is 0 Å². The summed E-state index contributed by atoms with van der Waals surface area (Å²) in [6.07, 6.45) is 1.00. The van der Waals surface area contributed by atoms with Gasteiger partial charge in [0.25, 0.3) is 15.9 Å². The fraction of sp³-hybridized carbons (Fsp3) is 0.448. The Morgan fingerprint density at radius 1 is 1.14 bits per heavy atom. The zero-order chi connectivity index (χ0) is 30.6. The lowest BCUT2D eigenvalue weighted by Crippen LogP contribution is -2.52. The van der Waals surface area contributed by atoms with E-state index in [9.17, 15) is 22.8 Å². The Bertz CT molecular complexity index is 1540. The van der Waals surface area contributed by atoms with E-state index in [1.807, 2.05) is 13.8 Å². The number of Topliss-reactive ketones (excluding diaryl/α,β-unsaturated/α-hetero) is 1. The molecule has 3 heterocycles. The smallest absolute Gasteiger partial charge is 0.262 e. The van der Waals surface area contributed by atoms with Crippen molar-refractivity contribution in [2.45, 2.75) is 57.1 Å². The number of hydrogen-bond acceptors (Lipinski definition) is 9. The van der Waals surface area contributed by atoms with Crippen LogP contribution in [0.2, 0.25) is 0 Å². The Balaban J connectivity index is 1.46. The van der Waals surface area contributed by atoms with Gasteiger partial charge in [-0.25, -0.2) is 13.4 Å². The molecule has 0 saturated carbocycles. The number of ketones is 1. The number of thiophene rings is 1. The van der Waals surface area contributed by atoms with Crippen molar-refractivity contribution in [1.29, 1.82) is 0 Å². The SMILES string of the molecule is COc1cc2cc(C(=O)NC(CC(C)C)C(=O)N[C@H]3CCCN(S(=O)(=O)c4cccc(C)n4)CC3=O)sc2cc1OC. The van der Waals surface area contributed by atoms with Crippen LogP contribution in [0.3, 0.4) is 0 Å². The average molecular weight is 617 g/mol. The summed E-state index contributed by atoms with van der Waals surface area (Å²) in [6.45, 7) is 5.31. The number of methoxy groups -OCH3 is 2. The number of benzene rings is 1. The van der Waals surface area contributed by atoms with E-state index < -0.39 is 39.7 Å². The molecule has 0 bridgehead atoms. The molecule has 2 N–H and O–H groups in total. The van der Waals surface area contributed by atoms with Crippen LogP contribution in [-0.2, 0) is 19.6 Å². The van der Waals surface area contributed by atoms with E-state index in [2.05, 4.69) is 15.6 Å².